The summed E-state index contributed by atoms with van der Waals surface area (Å²) in [4.78, 5) is 10.8. The summed E-state index contributed by atoms with van der Waals surface area (Å²) in [6.07, 6.45) is 0. The van der Waals surface area contributed by atoms with Crippen LogP contribution in [0.4, 0.5) is 0 Å². The maximum Gasteiger partial charge on any atom is 0.338 e. The predicted molar refractivity (Wildman–Crippen MR) is 45.3 cm³/mol. The largest absolute Gasteiger partial charge is 0.494 e. The molecule has 0 atom stereocenters. The lowest BCUT2D eigenvalue weighted by Gasteiger charge is -1.99. The smallest absolute Gasteiger partial charge is 0.338 e. The molecule has 0 bridgehead atoms. The third kappa shape index (κ3) is 1.08. The summed E-state index contributed by atoms with van der Waals surface area (Å²) in [7, 11) is 1.46. The number of carboxylic acid groups (broad SMARTS) is 1. The molecule has 1 N–H and O–H groups in total. The Bertz CT molecular complexity index is 491. The normalized spacial score (nSPS) is 10.4. The van der Waals surface area contributed by atoms with E-state index in [-0.39, 0.29) is 11.1 Å². The molecule has 0 radical (unpaired) electrons. The molecule has 0 unspecified atom stereocenters. The van der Waals surface area contributed by atoms with Gasteiger partial charge in [0.15, 0.2) is 11.0 Å². The van der Waals surface area contributed by atoms with Gasteiger partial charge in [0.05, 0.1) is 12.7 Å². The fourth-order valence-corrected chi connectivity index (χ4v) is 1.18. The topological polar surface area (TPSA) is 85.5 Å². The molecular weight excluding hydrogens is 188 g/mol. The molecule has 0 saturated carbocycles. The lowest BCUT2D eigenvalue weighted by atomic mass is 10.2. The van der Waals surface area contributed by atoms with Gasteiger partial charge < -0.3 is 9.84 Å². The van der Waals surface area contributed by atoms with Crippen molar-refractivity contribution >= 4 is 17.0 Å². The molecule has 72 valence electrons. The van der Waals surface area contributed by atoms with Crippen LogP contribution in [0.5, 0.6) is 5.75 Å². The van der Waals surface area contributed by atoms with Crippen LogP contribution >= 0.6 is 0 Å². The lowest BCUT2D eigenvalue weighted by molar-refractivity contribution is 0.0698. The second kappa shape index (κ2) is 2.99. The van der Waals surface area contributed by atoms with E-state index >= 15 is 0 Å². The number of aromatic nitrogens is 2. The van der Waals surface area contributed by atoms with Gasteiger partial charge in [-0.3, -0.25) is 0 Å². The molecule has 0 fully saturated rings. The predicted octanol–water partition coefficient (Wildman–Crippen LogP) is 0.930. The molecule has 1 aromatic heterocycles. The van der Waals surface area contributed by atoms with Gasteiger partial charge in [-0.1, -0.05) is 0 Å². The number of hydrogen-bond acceptors (Lipinski definition) is 5. The number of methoxy groups -OCH3 is 1. The number of ether oxygens (including phenoxy) is 1. The Hall–Kier alpha value is -2.11. The Balaban J connectivity index is 2.78. The highest BCUT2D eigenvalue weighted by molar-refractivity contribution is 6.02. The highest BCUT2D eigenvalue weighted by Gasteiger charge is 2.16. The van der Waals surface area contributed by atoms with Crippen molar-refractivity contribution in [1.29, 1.82) is 0 Å². The molecule has 2 rings (SSSR count). The quantitative estimate of drug-likeness (QED) is 0.765. The van der Waals surface area contributed by atoms with E-state index in [0.29, 0.717) is 11.3 Å². The minimum atomic E-state index is -1.08. The van der Waals surface area contributed by atoms with E-state index in [1.807, 2.05) is 0 Å². The number of benzene rings is 1. The van der Waals surface area contributed by atoms with Crippen LogP contribution in [0.1, 0.15) is 10.4 Å². The third-order valence-corrected chi connectivity index (χ3v) is 1.83. The monoisotopic (exact) mass is 194 g/mol. The Morgan fingerprint density at radius 3 is 2.79 bits per heavy atom. The molecule has 0 amide bonds. The first-order valence-corrected chi connectivity index (χ1v) is 3.76. The van der Waals surface area contributed by atoms with Crippen molar-refractivity contribution in [2.45, 2.75) is 0 Å². The van der Waals surface area contributed by atoms with Gasteiger partial charge in [-0.2, -0.15) is 0 Å². The summed E-state index contributed by atoms with van der Waals surface area (Å²) in [5, 5.41) is 15.9. The highest BCUT2D eigenvalue weighted by atomic mass is 16.6. The molecule has 0 saturated heterocycles. The van der Waals surface area contributed by atoms with E-state index in [4.69, 9.17) is 9.84 Å². The maximum absolute atomic E-state index is 10.8. The summed E-state index contributed by atoms with van der Waals surface area (Å²) in [5.74, 6) is -0.639. The number of carboxylic acids is 1. The van der Waals surface area contributed by atoms with Crippen molar-refractivity contribution in [3.8, 4) is 5.75 Å². The van der Waals surface area contributed by atoms with Crippen molar-refractivity contribution in [3.63, 3.8) is 0 Å². The molecule has 0 aliphatic carbocycles. The second-order valence-electron chi connectivity index (χ2n) is 2.58. The SMILES string of the molecule is COc1ccc(C(=O)O)c2nonc12. The van der Waals surface area contributed by atoms with E-state index in [0.717, 1.165) is 0 Å². The fraction of sp³-hybridized carbons (Fsp3) is 0.125. The van der Waals surface area contributed by atoms with Crippen LogP contribution in [0.2, 0.25) is 0 Å². The van der Waals surface area contributed by atoms with E-state index in [1.54, 1.807) is 0 Å². The van der Waals surface area contributed by atoms with E-state index < -0.39 is 5.97 Å². The van der Waals surface area contributed by atoms with Gasteiger partial charge in [-0.15, -0.1) is 0 Å². The molecule has 2 aromatic rings. The van der Waals surface area contributed by atoms with E-state index in [1.165, 1.54) is 19.2 Å². The third-order valence-electron chi connectivity index (χ3n) is 1.83. The van der Waals surface area contributed by atoms with Gasteiger partial charge >= 0.3 is 5.97 Å². The van der Waals surface area contributed by atoms with Crippen molar-refractivity contribution in [2.24, 2.45) is 0 Å². The average Bonchev–Trinajstić information content (AvgIpc) is 2.64. The summed E-state index contributed by atoms with van der Waals surface area (Å²) < 4.78 is 9.42. The summed E-state index contributed by atoms with van der Waals surface area (Å²) in [6.45, 7) is 0. The van der Waals surface area contributed by atoms with Gasteiger partial charge in [0, 0.05) is 0 Å². The first-order chi connectivity index (χ1) is 6.74. The van der Waals surface area contributed by atoms with Gasteiger partial charge in [-0.05, 0) is 22.4 Å². The molecule has 14 heavy (non-hydrogen) atoms. The average molecular weight is 194 g/mol. The second-order valence-corrected chi connectivity index (χ2v) is 2.58. The van der Waals surface area contributed by atoms with Crippen molar-refractivity contribution in [3.05, 3.63) is 17.7 Å². The fourth-order valence-electron chi connectivity index (χ4n) is 1.18. The highest BCUT2D eigenvalue weighted by Crippen LogP contribution is 2.25. The summed E-state index contributed by atoms with van der Waals surface area (Å²) in [5.41, 5.74) is 0.548. The van der Waals surface area contributed by atoms with Crippen LogP contribution in [-0.2, 0) is 0 Å². The Morgan fingerprint density at radius 2 is 2.14 bits per heavy atom. The van der Waals surface area contributed by atoms with Gasteiger partial charge in [0.25, 0.3) is 0 Å². The number of hydrogen-bond donors (Lipinski definition) is 1. The molecule has 6 nitrogen and oxygen atoms in total. The van der Waals surface area contributed by atoms with Crippen LogP contribution in [0, 0.1) is 0 Å². The molecule has 1 heterocycles. The maximum atomic E-state index is 10.8. The zero-order valence-electron chi connectivity index (χ0n) is 7.22. The number of aromatic carboxylic acids is 1. The molecular formula is C8H6N2O4. The number of carbonyl (C=O) groups is 1. The van der Waals surface area contributed by atoms with Gasteiger partial charge in [0.1, 0.15) is 5.75 Å². The Morgan fingerprint density at radius 1 is 1.43 bits per heavy atom. The number of rotatable bonds is 2. The first-order valence-electron chi connectivity index (χ1n) is 3.76. The summed E-state index contributed by atoms with van der Waals surface area (Å²) in [6, 6.07) is 2.91. The molecule has 1 aromatic carbocycles. The molecule has 0 spiro atoms. The van der Waals surface area contributed by atoms with Gasteiger partial charge in [0.2, 0.25) is 0 Å². The van der Waals surface area contributed by atoms with Crippen molar-refractivity contribution in [1.82, 2.24) is 10.3 Å². The zero-order valence-corrected chi connectivity index (χ0v) is 7.22. The lowest BCUT2D eigenvalue weighted by Crippen LogP contribution is -1.98. The van der Waals surface area contributed by atoms with Crippen LogP contribution in [0.3, 0.4) is 0 Å². The number of fused-ring (bicyclic) bond motifs is 1. The van der Waals surface area contributed by atoms with Crippen molar-refractivity contribution in [2.75, 3.05) is 7.11 Å². The molecule has 0 aliphatic heterocycles. The van der Waals surface area contributed by atoms with Gasteiger partial charge in [-0.25, -0.2) is 9.42 Å². The summed E-state index contributed by atoms with van der Waals surface area (Å²) >= 11 is 0. The Labute approximate surface area is 78.0 Å². The standard InChI is InChI=1S/C8H6N2O4/c1-13-5-3-2-4(8(11)12)6-7(5)10-14-9-6/h2-3H,1H3,(H,11,12). The van der Waals surface area contributed by atoms with Crippen LogP contribution in [0.15, 0.2) is 16.8 Å². The molecule has 6 heteroatoms. The number of nitrogens with zero attached hydrogens (tertiary/aromatic N) is 2. The minimum absolute atomic E-state index is 0.0436. The Kier molecular flexibility index (Phi) is 1.81. The first kappa shape index (κ1) is 8.49. The zero-order chi connectivity index (χ0) is 10.1. The van der Waals surface area contributed by atoms with E-state index in [9.17, 15) is 4.79 Å². The molecule has 0 aliphatic rings. The minimum Gasteiger partial charge on any atom is -0.494 e. The van der Waals surface area contributed by atoms with Crippen molar-refractivity contribution < 1.29 is 19.3 Å². The van der Waals surface area contributed by atoms with Crippen LogP contribution in [-0.4, -0.2) is 28.5 Å². The van der Waals surface area contributed by atoms with Crippen LogP contribution < -0.4 is 4.74 Å². The van der Waals surface area contributed by atoms with Crippen LogP contribution in [0.25, 0.3) is 11.0 Å². The van der Waals surface area contributed by atoms with E-state index in [2.05, 4.69) is 14.9 Å².